The number of aryl methyl sites for hydroxylation is 2. The Balaban J connectivity index is 0. The van der Waals surface area contributed by atoms with Gasteiger partial charge in [0.2, 0.25) is 0 Å². The van der Waals surface area contributed by atoms with Gasteiger partial charge in [0.25, 0.3) is 0 Å². The van der Waals surface area contributed by atoms with Crippen molar-refractivity contribution in [2.45, 2.75) is 26.7 Å². The average Bonchev–Trinajstić information content (AvgIpc) is 3.46. The van der Waals surface area contributed by atoms with E-state index in [1.54, 1.807) is 0 Å². The van der Waals surface area contributed by atoms with Gasteiger partial charge in [0, 0.05) is 0 Å². The summed E-state index contributed by atoms with van der Waals surface area (Å²) in [6.45, 7) is 7.44. The predicted octanol–water partition coefficient (Wildman–Crippen LogP) is 8.70. The van der Waals surface area contributed by atoms with Crippen LogP contribution >= 0.6 is 0 Å². The molecule has 0 unspecified atom stereocenters. The quantitative estimate of drug-likeness (QED) is 0.159. The normalized spacial score (nSPS) is 8.64. The van der Waals surface area contributed by atoms with Crippen LogP contribution in [-0.4, -0.2) is 6.88 Å². The molecular weight excluding hydrogens is 492 g/mol. The topological polar surface area (TPSA) is 0 Å². The van der Waals surface area contributed by atoms with Crippen LogP contribution < -0.4 is 0 Å². The molecule has 0 spiro atoms. The van der Waals surface area contributed by atoms with E-state index < -0.39 is 0 Å². The van der Waals surface area contributed by atoms with Crippen LogP contribution in [0, 0.1) is 28.3 Å². The summed E-state index contributed by atoms with van der Waals surface area (Å²) in [5, 5.41) is 5.46. The molecule has 33 heavy (non-hydrogen) atoms. The summed E-state index contributed by atoms with van der Waals surface area (Å²) >= 11 is 1.36. The van der Waals surface area contributed by atoms with Crippen molar-refractivity contribution >= 4 is 28.4 Å². The van der Waals surface area contributed by atoms with Crippen LogP contribution in [0.2, 0.25) is 0 Å². The maximum absolute atomic E-state index is 3.06. The van der Waals surface area contributed by atoms with E-state index >= 15 is 0 Å². The van der Waals surface area contributed by atoms with Crippen LogP contribution in [0.1, 0.15) is 25.0 Å². The van der Waals surface area contributed by atoms with Crippen LogP contribution in [0.4, 0.5) is 0 Å². The van der Waals surface area contributed by atoms with Crippen LogP contribution in [0.3, 0.4) is 0 Å². The second kappa shape index (κ2) is 19.4. The Morgan fingerprint density at radius 1 is 0.636 bits per heavy atom. The molecule has 0 bridgehead atoms. The molecule has 0 nitrogen and oxygen atoms in total. The average molecular weight is 528 g/mol. The van der Waals surface area contributed by atoms with E-state index in [2.05, 4.69) is 99.6 Å². The zero-order chi connectivity index (χ0) is 21.6. The van der Waals surface area contributed by atoms with Crippen molar-refractivity contribution in [1.82, 2.24) is 0 Å². The van der Waals surface area contributed by atoms with Crippen LogP contribution in [0.5, 0.6) is 0 Å². The number of hydrogen-bond donors (Lipinski definition) is 0. The van der Waals surface area contributed by atoms with Crippen molar-refractivity contribution < 1.29 is 23.3 Å². The Morgan fingerprint density at radius 2 is 1.03 bits per heavy atom. The first-order chi connectivity index (χ1) is 14.8. The fourth-order valence-electron chi connectivity index (χ4n) is 3.18. The van der Waals surface area contributed by atoms with Crippen molar-refractivity contribution in [2.24, 2.45) is 0 Å². The predicted molar refractivity (Wildman–Crippen MR) is 148 cm³/mol. The van der Waals surface area contributed by atoms with E-state index in [-0.39, 0.29) is 22.3 Å². The van der Waals surface area contributed by atoms with Gasteiger partial charge >= 0.3 is 30.2 Å². The van der Waals surface area contributed by atoms with Gasteiger partial charge < -0.3 is 22.3 Å². The number of benzene rings is 3. The van der Waals surface area contributed by atoms with E-state index in [1.165, 1.54) is 56.0 Å². The zero-order valence-corrected chi connectivity index (χ0v) is 24.2. The third-order valence-electron chi connectivity index (χ3n) is 4.78. The molecule has 0 saturated heterocycles. The molecule has 2 radical (unpaired) electrons. The van der Waals surface area contributed by atoms with Crippen LogP contribution in [-0.2, 0) is 36.2 Å². The molecule has 0 aliphatic heterocycles. The first-order valence-corrected chi connectivity index (χ1v) is 14.4. The largest absolute Gasteiger partial charge is 0.184 e. The fourth-order valence-corrected chi connectivity index (χ4v) is 3.18. The minimum Gasteiger partial charge on any atom is -0.184 e. The van der Waals surface area contributed by atoms with Crippen molar-refractivity contribution in [2.75, 3.05) is 0 Å². The molecule has 5 aromatic rings. The molecule has 174 valence electrons. The Morgan fingerprint density at radius 3 is 1.30 bits per heavy atom. The molecule has 0 heterocycles. The standard InChI is InChI=1S/2C11H11.C6H5.3CH3.Si.Zr/c2*1-2-9-7-10-5-3-4-6-11(10)8-9;1-2-4-6-5-3-1;;;;;/h2*3-8H,2H2,1H3;1-5H;3*1H3;;/q6*-1;;. The Hall–Kier alpha value is -2.02. The van der Waals surface area contributed by atoms with Gasteiger partial charge in [0.15, 0.2) is 0 Å². The molecule has 2 heteroatoms. The molecule has 0 saturated carbocycles. The summed E-state index contributed by atoms with van der Waals surface area (Å²) < 4.78 is 0. The summed E-state index contributed by atoms with van der Waals surface area (Å²) in [6, 6.07) is 38.5. The van der Waals surface area contributed by atoms with Crippen LogP contribution in [0.15, 0.2) is 103 Å². The summed E-state index contributed by atoms with van der Waals surface area (Å²) in [6.07, 6.45) is 2.27. The maximum Gasteiger partial charge on any atom is -0.171 e. The summed E-state index contributed by atoms with van der Waals surface area (Å²) in [4.78, 5) is 0. The molecule has 0 amide bonds. The molecule has 0 atom stereocenters. The van der Waals surface area contributed by atoms with E-state index in [0.29, 0.717) is 0 Å². The third-order valence-corrected chi connectivity index (χ3v) is 4.78. The van der Waals surface area contributed by atoms with Crippen molar-refractivity contribution in [1.29, 1.82) is 0 Å². The monoisotopic (exact) mass is 526 g/mol. The Kier molecular flexibility index (Phi) is 19.5. The first kappa shape index (κ1) is 33.2. The summed E-state index contributed by atoms with van der Waals surface area (Å²) in [7, 11) is 0. The molecular formula is C31H36SiZr-6. The fraction of sp³-hybridized carbons (Fsp3) is 0.129. The second-order valence-corrected chi connectivity index (χ2v) is 6.77. The van der Waals surface area contributed by atoms with Gasteiger partial charge in [-0.05, 0) is 12.8 Å². The maximum atomic E-state index is 3.06. The van der Waals surface area contributed by atoms with Crippen molar-refractivity contribution in [3.63, 3.8) is 0 Å². The first-order valence-electron chi connectivity index (χ1n) is 10.2. The summed E-state index contributed by atoms with van der Waals surface area (Å²) in [5.74, 6) is 0. The third kappa shape index (κ3) is 11.1. The molecule has 0 fully saturated rings. The SMILES string of the molecule is CCc1cc2ccccc2[cH-]1.CCc1cc2ccccc2[cH-]1.[CH3-].[CH3-].[CH3-].[Si]=[Zr].[c-]1ccccc1. The molecule has 0 aromatic heterocycles. The van der Waals surface area contributed by atoms with E-state index in [1.807, 2.05) is 30.3 Å². The molecule has 0 aliphatic carbocycles. The van der Waals surface area contributed by atoms with Gasteiger partial charge in [-0.25, -0.2) is 0 Å². The Labute approximate surface area is 220 Å². The smallest absolute Gasteiger partial charge is 0.171 e. The van der Waals surface area contributed by atoms with E-state index in [4.69, 9.17) is 0 Å². The minimum atomic E-state index is 0. The summed E-state index contributed by atoms with van der Waals surface area (Å²) in [5.41, 5.74) is 2.87. The van der Waals surface area contributed by atoms with Crippen molar-refractivity contribution in [3.05, 3.63) is 143 Å². The van der Waals surface area contributed by atoms with Gasteiger partial charge in [0.05, 0.1) is 0 Å². The van der Waals surface area contributed by atoms with Crippen LogP contribution in [0.25, 0.3) is 21.5 Å². The second-order valence-electron chi connectivity index (χ2n) is 6.77. The van der Waals surface area contributed by atoms with Gasteiger partial charge in [-0.2, -0.15) is 48.5 Å². The van der Waals surface area contributed by atoms with Gasteiger partial charge in [-0.1, -0.05) is 26.0 Å². The van der Waals surface area contributed by atoms with Gasteiger partial charge in [-0.15, -0.1) is 81.2 Å². The molecule has 5 rings (SSSR count). The molecule has 0 aliphatic rings. The van der Waals surface area contributed by atoms with E-state index in [0.717, 1.165) is 12.8 Å². The van der Waals surface area contributed by atoms with Gasteiger partial charge in [-0.3, -0.25) is 0 Å². The zero-order valence-electron chi connectivity index (χ0n) is 20.7. The minimum absolute atomic E-state index is 0. The van der Waals surface area contributed by atoms with Crippen molar-refractivity contribution in [3.8, 4) is 0 Å². The molecule has 5 aromatic carbocycles. The van der Waals surface area contributed by atoms with Gasteiger partial charge in [0.1, 0.15) is 0 Å². The molecule has 0 N–H and O–H groups in total. The number of hydrogen-bond acceptors (Lipinski definition) is 0. The Bertz CT molecular complexity index is 939. The number of fused-ring (bicyclic) bond motifs is 2. The number of rotatable bonds is 2. The van der Waals surface area contributed by atoms with E-state index in [9.17, 15) is 0 Å².